The van der Waals surface area contributed by atoms with E-state index in [1.54, 1.807) is 22.9 Å². The van der Waals surface area contributed by atoms with Crippen molar-refractivity contribution in [1.82, 2.24) is 9.55 Å². The first-order valence-electron chi connectivity index (χ1n) is 4.51. The zero-order valence-corrected chi connectivity index (χ0v) is 7.47. The van der Waals surface area contributed by atoms with Crippen LogP contribution in [0.25, 0.3) is 17.1 Å². The summed E-state index contributed by atoms with van der Waals surface area (Å²) in [6.07, 6.45) is 5.79. The monoisotopic (exact) mass is 184 g/mol. The molecule has 2 aromatic rings. The summed E-state index contributed by atoms with van der Waals surface area (Å²) in [7, 11) is 0. The van der Waals surface area contributed by atoms with Crippen molar-refractivity contribution in [3.8, 4) is 0 Å². The Balaban J connectivity index is 2.62. The first kappa shape index (κ1) is 7.50. The first-order valence-corrected chi connectivity index (χ1v) is 4.51. The lowest BCUT2D eigenvalue weighted by Crippen LogP contribution is -2.20. The van der Waals surface area contributed by atoms with Crippen LogP contribution >= 0.6 is 0 Å². The second kappa shape index (κ2) is 2.54. The molecule has 0 fully saturated rings. The van der Waals surface area contributed by atoms with Gasteiger partial charge >= 0.3 is 0 Å². The molecule has 0 radical (unpaired) electrons. The minimum absolute atomic E-state index is 0.0381. The molecule has 14 heavy (non-hydrogen) atoms. The van der Waals surface area contributed by atoms with Crippen molar-refractivity contribution in [2.45, 2.75) is 6.54 Å². The summed E-state index contributed by atoms with van der Waals surface area (Å²) in [5.74, 6) is 0. The highest BCUT2D eigenvalue weighted by Crippen LogP contribution is 2.19. The lowest BCUT2D eigenvalue weighted by Gasteiger charge is -2.13. The summed E-state index contributed by atoms with van der Waals surface area (Å²) in [4.78, 5) is 15.8. The maximum Gasteiger partial charge on any atom is 0.251 e. The topological polar surface area (TPSA) is 34.9 Å². The van der Waals surface area contributed by atoms with Crippen LogP contribution in [0, 0.1) is 0 Å². The number of pyridine rings is 2. The fourth-order valence-electron chi connectivity index (χ4n) is 1.85. The van der Waals surface area contributed by atoms with Gasteiger partial charge in [-0.1, -0.05) is 12.2 Å². The van der Waals surface area contributed by atoms with Crippen LogP contribution in [-0.4, -0.2) is 9.55 Å². The van der Waals surface area contributed by atoms with Gasteiger partial charge in [-0.3, -0.25) is 9.78 Å². The van der Waals surface area contributed by atoms with Gasteiger partial charge in [-0.15, -0.1) is 0 Å². The quantitative estimate of drug-likeness (QED) is 0.620. The molecule has 0 aromatic carbocycles. The van der Waals surface area contributed by atoms with Crippen molar-refractivity contribution in [2.24, 2.45) is 0 Å². The summed E-state index contributed by atoms with van der Waals surface area (Å²) < 4.78 is 1.75. The van der Waals surface area contributed by atoms with Crippen LogP contribution in [-0.2, 0) is 6.54 Å². The Bertz CT molecular complexity index is 596. The fraction of sp³-hybridized carbons (Fsp3) is 0.0909. The van der Waals surface area contributed by atoms with E-state index in [1.165, 1.54) is 0 Å². The molecule has 0 saturated carbocycles. The first-order chi connectivity index (χ1) is 6.86. The molecule has 0 amide bonds. The van der Waals surface area contributed by atoms with Crippen LogP contribution in [0.3, 0.4) is 0 Å². The lowest BCUT2D eigenvalue weighted by atomic mass is 10.1. The smallest absolute Gasteiger partial charge is 0.251 e. The number of nitrogens with zero attached hydrogens (tertiary/aromatic N) is 2. The summed E-state index contributed by atoms with van der Waals surface area (Å²) in [6.45, 7) is 0.648. The van der Waals surface area contributed by atoms with Crippen LogP contribution in [0.1, 0.15) is 5.56 Å². The van der Waals surface area contributed by atoms with E-state index in [-0.39, 0.29) is 5.56 Å². The highest BCUT2D eigenvalue weighted by molar-refractivity contribution is 5.85. The van der Waals surface area contributed by atoms with E-state index >= 15 is 0 Å². The van der Waals surface area contributed by atoms with Crippen LogP contribution < -0.4 is 5.56 Å². The predicted octanol–water partition coefficient (Wildman–Crippen LogP) is 1.42. The van der Waals surface area contributed by atoms with Gasteiger partial charge in [-0.2, -0.15) is 0 Å². The van der Waals surface area contributed by atoms with Crippen molar-refractivity contribution in [2.75, 3.05) is 0 Å². The number of aromatic nitrogens is 2. The van der Waals surface area contributed by atoms with Crippen molar-refractivity contribution < 1.29 is 0 Å². The maximum atomic E-state index is 11.6. The Kier molecular flexibility index (Phi) is 1.36. The summed E-state index contributed by atoms with van der Waals surface area (Å²) in [5.41, 5.74) is 2.93. The standard InChI is InChI=1S/C11H8N2O/c14-10-4-3-9-11-8(5-6-12-9)2-1-7-13(10)11/h1-6H,7H2. The lowest BCUT2D eigenvalue weighted by molar-refractivity contribution is 0.810. The van der Waals surface area contributed by atoms with Crippen LogP contribution in [0.15, 0.2) is 35.3 Å². The molecule has 0 atom stereocenters. The van der Waals surface area contributed by atoms with Gasteiger partial charge in [0.25, 0.3) is 5.56 Å². The Labute approximate surface area is 80.3 Å². The van der Waals surface area contributed by atoms with Crippen LogP contribution in [0.2, 0.25) is 0 Å². The highest BCUT2D eigenvalue weighted by atomic mass is 16.1. The minimum Gasteiger partial charge on any atom is -0.302 e. The molecule has 68 valence electrons. The fourth-order valence-corrected chi connectivity index (χ4v) is 1.85. The average molecular weight is 184 g/mol. The molecule has 1 aliphatic rings. The molecule has 3 nitrogen and oxygen atoms in total. The van der Waals surface area contributed by atoms with Crippen molar-refractivity contribution in [3.05, 3.63) is 46.4 Å². The predicted molar refractivity (Wildman–Crippen MR) is 55.0 cm³/mol. The molecule has 2 aromatic heterocycles. The third kappa shape index (κ3) is 0.865. The number of hydrogen-bond donors (Lipinski definition) is 0. The SMILES string of the molecule is O=c1ccc2nccc3c2n1CC=C3. The van der Waals surface area contributed by atoms with E-state index in [1.807, 2.05) is 18.2 Å². The van der Waals surface area contributed by atoms with Gasteiger partial charge in [0, 0.05) is 24.4 Å². The van der Waals surface area contributed by atoms with Gasteiger partial charge < -0.3 is 4.57 Å². The van der Waals surface area contributed by atoms with Crippen LogP contribution in [0.4, 0.5) is 0 Å². The van der Waals surface area contributed by atoms with Gasteiger partial charge in [-0.05, 0) is 12.1 Å². The molecule has 1 aliphatic heterocycles. The Morgan fingerprint density at radius 1 is 1.29 bits per heavy atom. The van der Waals surface area contributed by atoms with Crippen molar-refractivity contribution in [3.63, 3.8) is 0 Å². The van der Waals surface area contributed by atoms with E-state index in [0.717, 1.165) is 16.6 Å². The van der Waals surface area contributed by atoms with Gasteiger partial charge in [0.2, 0.25) is 0 Å². The molecule has 0 bridgehead atoms. The summed E-state index contributed by atoms with van der Waals surface area (Å²) in [5, 5.41) is 0. The van der Waals surface area contributed by atoms with E-state index in [9.17, 15) is 4.79 Å². The third-order valence-corrected chi connectivity index (χ3v) is 2.49. The van der Waals surface area contributed by atoms with E-state index in [0.29, 0.717) is 6.54 Å². The summed E-state index contributed by atoms with van der Waals surface area (Å²) in [6, 6.07) is 5.27. The van der Waals surface area contributed by atoms with Crippen molar-refractivity contribution in [1.29, 1.82) is 0 Å². The number of hydrogen-bond acceptors (Lipinski definition) is 2. The minimum atomic E-state index is 0.0381. The Hall–Kier alpha value is -1.90. The molecular formula is C11H8N2O. The molecule has 0 N–H and O–H groups in total. The van der Waals surface area contributed by atoms with Crippen molar-refractivity contribution >= 4 is 17.1 Å². The van der Waals surface area contributed by atoms with Gasteiger partial charge in [0.05, 0.1) is 11.0 Å². The van der Waals surface area contributed by atoms with Gasteiger partial charge in [0.1, 0.15) is 0 Å². The third-order valence-electron chi connectivity index (χ3n) is 2.49. The highest BCUT2D eigenvalue weighted by Gasteiger charge is 2.08. The van der Waals surface area contributed by atoms with Gasteiger partial charge in [0.15, 0.2) is 0 Å². The zero-order chi connectivity index (χ0) is 9.54. The van der Waals surface area contributed by atoms with E-state index < -0.39 is 0 Å². The number of rotatable bonds is 0. The largest absolute Gasteiger partial charge is 0.302 e. The van der Waals surface area contributed by atoms with Gasteiger partial charge in [-0.25, -0.2) is 0 Å². The molecule has 0 unspecified atom stereocenters. The van der Waals surface area contributed by atoms with Crippen LogP contribution in [0.5, 0.6) is 0 Å². The molecule has 0 saturated heterocycles. The second-order valence-corrected chi connectivity index (χ2v) is 3.32. The second-order valence-electron chi connectivity index (χ2n) is 3.32. The molecule has 3 rings (SSSR count). The van der Waals surface area contributed by atoms with E-state index in [2.05, 4.69) is 4.98 Å². The van der Waals surface area contributed by atoms with E-state index in [4.69, 9.17) is 0 Å². The molecule has 3 heterocycles. The normalized spacial score (nSPS) is 13.4. The zero-order valence-electron chi connectivity index (χ0n) is 7.47. The Morgan fingerprint density at radius 3 is 3.14 bits per heavy atom. The maximum absolute atomic E-state index is 11.6. The number of allylic oxidation sites excluding steroid dienone is 1. The molecular weight excluding hydrogens is 176 g/mol. The Morgan fingerprint density at radius 2 is 2.21 bits per heavy atom. The average Bonchev–Trinajstić information content (AvgIpc) is 2.24. The molecule has 3 heteroatoms. The molecule has 0 aliphatic carbocycles. The molecule has 0 spiro atoms. The summed E-state index contributed by atoms with van der Waals surface area (Å²) >= 11 is 0.